The summed E-state index contributed by atoms with van der Waals surface area (Å²) < 4.78 is 0. The molecule has 1 aliphatic carbocycles. The smallest absolute Gasteiger partial charge is 0.253 e. The van der Waals surface area contributed by atoms with E-state index in [4.69, 9.17) is 0 Å². The van der Waals surface area contributed by atoms with Crippen LogP contribution >= 0.6 is 0 Å². The minimum absolute atomic E-state index is 0.0140. The molecule has 4 nitrogen and oxygen atoms in total. The predicted octanol–water partition coefficient (Wildman–Crippen LogP) is 2.35. The summed E-state index contributed by atoms with van der Waals surface area (Å²) in [5.74, 6) is 0.0895. The van der Waals surface area contributed by atoms with E-state index in [0.29, 0.717) is 29.8 Å². The first kappa shape index (κ1) is 14.2. The molecule has 0 saturated carbocycles. The summed E-state index contributed by atoms with van der Waals surface area (Å²) in [7, 11) is 0. The Morgan fingerprint density at radius 3 is 2.57 bits per heavy atom. The largest absolute Gasteiger partial charge is 0.396 e. The van der Waals surface area contributed by atoms with E-state index in [-0.39, 0.29) is 24.2 Å². The molecule has 4 heteroatoms. The maximum absolute atomic E-state index is 12.6. The zero-order chi connectivity index (χ0) is 16.0. The monoisotopic (exact) mass is 307 g/mol. The molecule has 0 spiro atoms. The van der Waals surface area contributed by atoms with Gasteiger partial charge in [-0.1, -0.05) is 30.3 Å². The number of fused-ring (bicyclic) bond motifs is 3. The predicted molar refractivity (Wildman–Crippen MR) is 86.4 cm³/mol. The number of aliphatic hydroxyl groups excluding tert-OH is 1. The van der Waals surface area contributed by atoms with Crippen molar-refractivity contribution in [1.82, 2.24) is 4.90 Å². The van der Waals surface area contributed by atoms with Gasteiger partial charge in [-0.3, -0.25) is 9.59 Å². The van der Waals surface area contributed by atoms with Gasteiger partial charge in [-0.15, -0.1) is 0 Å². The molecule has 2 aliphatic rings. The van der Waals surface area contributed by atoms with Crippen LogP contribution in [0.3, 0.4) is 0 Å². The summed E-state index contributed by atoms with van der Waals surface area (Å²) in [5.41, 5.74) is 3.69. The van der Waals surface area contributed by atoms with E-state index < -0.39 is 0 Å². The Morgan fingerprint density at radius 2 is 1.83 bits per heavy atom. The van der Waals surface area contributed by atoms with Crippen molar-refractivity contribution in [2.24, 2.45) is 5.92 Å². The lowest BCUT2D eigenvalue weighted by molar-refractivity contribution is 0.0782. The topological polar surface area (TPSA) is 57.6 Å². The van der Waals surface area contributed by atoms with Gasteiger partial charge in [0.15, 0.2) is 5.78 Å². The van der Waals surface area contributed by atoms with Crippen molar-refractivity contribution in [2.45, 2.75) is 6.42 Å². The fourth-order valence-corrected chi connectivity index (χ4v) is 3.51. The molecule has 1 aliphatic heterocycles. The highest BCUT2D eigenvalue weighted by molar-refractivity contribution is 6.22. The second-order valence-electron chi connectivity index (χ2n) is 6.22. The molecule has 4 rings (SSSR count). The number of hydrogen-bond donors (Lipinski definition) is 1. The van der Waals surface area contributed by atoms with Crippen LogP contribution in [-0.4, -0.2) is 41.4 Å². The highest BCUT2D eigenvalue weighted by Gasteiger charge is 2.30. The van der Waals surface area contributed by atoms with Crippen molar-refractivity contribution in [3.8, 4) is 11.1 Å². The van der Waals surface area contributed by atoms with Crippen LogP contribution in [0.5, 0.6) is 0 Å². The third-order valence-corrected chi connectivity index (χ3v) is 4.80. The Kier molecular flexibility index (Phi) is 3.27. The highest BCUT2D eigenvalue weighted by Crippen LogP contribution is 2.37. The van der Waals surface area contributed by atoms with Gasteiger partial charge in [0.2, 0.25) is 0 Å². The van der Waals surface area contributed by atoms with Crippen molar-refractivity contribution in [1.29, 1.82) is 0 Å². The van der Waals surface area contributed by atoms with Crippen molar-refractivity contribution < 1.29 is 14.7 Å². The molecule has 23 heavy (non-hydrogen) atoms. The van der Waals surface area contributed by atoms with Crippen LogP contribution in [0.4, 0.5) is 0 Å². The SMILES string of the molecule is O=C1c2ccccc2-c2ccc(C(=O)N3CCC(CO)C3)cc21. The van der Waals surface area contributed by atoms with E-state index in [9.17, 15) is 14.7 Å². The van der Waals surface area contributed by atoms with Crippen LogP contribution in [0, 0.1) is 5.92 Å². The fraction of sp³-hybridized carbons (Fsp3) is 0.263. The summed E-state index contributed by atoms with van der Waals surface area (Å²) in [5, 5.41) is 9.22. The van der Waals surface area contributed by atoms with E-state index in [0.717, 1.165) is 17.5 Å². The molecule has 116 valence electrons. The molecule has 2 aromatic rings. The van der Waals surface area contributed by atoms with E-state index in [1.54, 1.807) is 17.0 Å². The third kappa shape index (κ3) is 2.18. The number of aliphatic hydroxyl groups is 1. The molecular weight excluding hydrogens is 290 g/mol. The quantitative estimate of drug-likeness (QED) is 0.790. The number of carbonyl (C=O) groups is 2. The Hall–Kier alpha value is -2.46. The fourth-order valence-electron chi connectivity index (χ4n) is 3.51. The number of likely N-dealkylation sites (tertiary alicyclic amines) is 1. The molecule has 1 unspecified atom stereocenters. The Labute approximate surface area is 134 Å². The van der Waals surface area contributed by atoms with E-state index in [2.05, 4.69) is 0 Å². The first-order chi connectivity index (χ1) is 11.2. The van der Waals surface area contributed by atoms with Gasteiger partial charge >= 0.3 is 0 Å². The minimum Gasteiger partial charge on any atom is -0.396 e. The lowest BCUT2D eigenvalue weighted by atomic mass is 10.0. The van der Waals surface area contributed by atoms with Gasteiger partial charge in [0.1, 0.15) is 0 Å². The normalized spacial score (nSPS) is 18.9. The van der Waals surface area contributed by atoms with Crippen LogP contribution in [0.1, 0.15) is 32.7 Å². The molecule has 0 radical (unpaired) electrons. The lowest BCUT2D eigenvalue weighted by Gasteiger charge is -2.16. The molecule has 2 aromatic carbocycles. The van der Waals surface area contributed by atoms with Crippen LogP contribution in [0.15, 0.2) is 42.5 Å². The van der Waals surface area contributed by atoms with Gasteiger partial charge in [-0.2, -0.15) is 0 Å². The zero-order valence-corrected chi connectivity index (χ0v) is 12.7. The number of carbonyl (C=O) groups excluding carboxylic acids is 2. The van der Waals surface area contributed by atoms with Crippen molar-refractivity contribution in [2.75, 3.05) is 19.7 Å². The molecule has 1 heterocycles. The van der Waals surface area contributed by atoms with Gasteiger partial charge < -0.3 is 10.0 Å². The first-order valence-corrected chi connectivity index (χ1v) is 7.87. The van der Waals surface area contributed by atoms with Gasteiger partial charge in [0, 0.05) is 42.3 Å². The summed E-state index contributed by atoms with van der Waals surface area (Å²) in [6.07, 6.45) is 0.831. The first-order valence-electron chi connectivity index (χ1n) is 7.87. The molecule has 1 atom stereocenters. The van der Waals surface area contributed by atoms with Crippen molar-refractivity contribution in [3.05, 3.63) is 59.2 Å². The molecule has 1 saturated heterocycles. The van der Waals surface area contributed by atoms with Gasteiger partial charge in [0.25, 0.3) is 5.91 Å². The zero-order valence-electron chi connectivity index (χ0n) is 12.7. The van der Waals surface area contributed by atoms with Crippen LogP contribution in [0.25, 0.3) is 11.1 Å². The molecule has 0 aromatic heterocycles. The van der Waals surface area contributed by atoms with Gasteiger partial charge in [-0.25, -0.2) is 0 Å². The summed E-state index contributed by atoms with van der Waals surface area (Å²) in [6.45, 7) is 1.36. The second kappa shape index (κ2) is 5.32. The van der Waals surface area contributed by atoms with Crippen LogP contribution < -0.4 is 0 Å². The molecular formula is C19H17NO3. The summed E-state index contributed by atoms with van der Waals surface area (Å²) >= 11 is 0. The number of nitrogens with zero attached hydrogens (tertiary/aromatic N) is 1. The molecule has 1 fully saturated rings. The number of benzene rings is 2. The average molecular weight is 307 g/mol. The number of amides is 1. The maximum Gasteiger partial charge on any atom is 0.253 e. The molecule has 1 amide bonds. The lowest BCUT2D eigenvalue weighted by Crippen LogP contribution is -2.29. The van der Waals surface area contributed by atoms with E-state index in [1.165, 1.54) is 0 Å². The van der Waals surface area contributed by atoms with E-state index >= 15 is 0 Å². The van der Waals surface area contributed by atoms with Gasteiger partial charge in [0.05, 0.1) is 0 Å². The standard InChI is InChI=1S/C19H17NO3/c21-11-12-7-8-20(10-12)19(23)13-5-6-15-14-3-1-2-4-16(14)18(22)17(15)9-13/h1-6,9,12,21H,7-8,10-11H2. The molecule has 1 N–H and O–H groups in total. The van der Waals surface area contributed by atoms with Crippen LogP contribution in [0.2, 0.25) is 0 Å². The maximum atomic E-state index is 12.6. The number of ketones is 1. The third-order valence-electron chi connectivity index (χ3n) is 4.80. The second-order valence-corrected chi connectivity index (χ2v) is 6.22. The Balaban J connectivity index is 1.67. The highest BCUT2D eigenvalue weighted by atomic mass is 16.3. The van der Waals surface area contributed by atoms with E-state index in [1.807, 2.05) is 30.3 Å². The summed E-state index contributed by atoms with van der Waals surface area (Å²) in [4.78, 5) is 26.9. The average Bonchev–Trinajstić information content (AvgIpc) is 3.18. The van der Waals surface area contributed by atoms with Crippen molar-refractivity contribution in [3.63, 3.8) is 0 Å². The summed E-state index contributed by atoms with van der Waals surface area (Å²) in [6, 6.07) is 12.9. The molecule has 0 bridgehead atoms. The number of hydrogen-bond acceptors (Lipinski definition) is 3. The van der Waals surface area contributed by atoms with Crippen LogP contribution in [-0.2, 0) is 0 Å². The van der Waals surface area contributed by atoms with Crippen molar-refractivity contribution >= 4 is 11.7 Å². The van der Waals surface area contributed by atoms with Gasteiger partial charge in [-0.05, 0) is 29.7 Å². The number of rotatable bonds is 2. The Morgan fingerprint density at radius 1 is 1.09 bits per heavy atom. The minimum atomic E-state index is -0.0625. The Bertz CT molecular complexity index is 812.